The topological polar surface area (TPSA) is 80.9 Å². The molecule has 6 heteroatoms. The standard InChI is InChI=1S/C7H12N4OS/c1-13(12)5-4-9-6-2-3-10-7(8)11-6/h2-3H,4-5H2,1H3,(H3,8,9,10,11). The normalized spacial score (nSPS) is 12.4. The number of anilines is 2. The van der Waals surface area contributed by atoms with Crippen molar-refractivity contribution in [3.05, 3.63) is 12.3 Å². The molecular weight excluding hydrogens is 188 g/mol. The summed E-state index contributed by atoms with van der Waals surface area (Å²) in [5.74, 6) is 1.50. The molecule has 0 bridgehead atoms. The smallest absolute Gasteiger partial charge is 0.221 e. The molecule has 1 atom stereocenters. The average molecular weight is 200 g/mol. The Balaban J connectivity index is 2.41. The first kappa shape index (κ1) is 9.91. The van der Waals surface area contributed by atoms with Crippen molar-refractivity contribution in [3.63, 3.8) is 0 Å². The number of hydrogen-bond acceptors (Lipinski definition) is 5. The second-order valence-corrected chi connectivity index (χ2v) is 4.06. The maximum absolute atomic E-state index is 10.7. The molecule has 0 spiro atoms. The van der Waals surface area contributed by atoms with Gasteiger partial charge in [0.2, 0.25) is 5.95 Å². The van der Waals surface area contributed by atoms with E-state index in [1.165, 1.54) is 0 Å². The minimum Gasteiger partial charge on any atom is -0.369 e. The summed E-state index contributed by atoms with van der Waals surface area (Å²) in [6.07, 6.45) is 3.24. The van der Waals surface area contributed by atoms with E-state index in [9.17, 15) is 4.21 Å². The van der Waals surface area contributed by atoms with Crippen LogP contribution in [0.4, 0.5) is 11.8 Å². The Morgan fingerprint density at radius 3 is 3.08 bits per heavy atom. The maximum Gasteiger partial charge on any atom is 0.221 e. The van der Waals surface area contributed by atoms with Crippen LogP contribution in [0.25, 0.3) is 0 Å². The Morgan fingerprint density at radius 1 is 1.69 bits per heavy atom. The Labute approximate surface area is 79.2 Å². The zero-order chi connectivity index (χ0) is 9.68. The van der Waals surface area contributed by atoms with E-state index in [0.29, 0.717) is 18.1 Å². The fraction of sp³-hybridized carbons (Fsp3) is 0.429. The van der Waals surface area contributed by atoms with Gasteiger partial charge < -0.3 is 11.1 Å². The molecule has 0 radical (unpaired) electrons. The predicted molar refractivity (Wildman–Crippen MR) is 53.9 cm³/mol. The zero-order valence-electron chi connectivity index (χ0n) is 7.36. The third kappa shape index (κ3) is 3.84. The first-order valence-corrected chi connectivity index (χ1v) is 5.53. The van der Waals surface area contributed by atoms with Crippen LogP contribution in [0.15, 0.2) is 12.3 Å². The molecule has 0 aliphatic heterocycles. The van der Waals surface area contributed by atoms with E-state index >= 15 is 0 Å². The molecule has 1 heterocycles. The minimum atomic E-state index is -0.782. The number of nitrogens with two attached hydrogens (primary N) is 1. The van der Waals surface area contributed by atoms with Crippen LogP contribution in [0, 0.1) is 0 Å². The van der Waals surface area contributed by atoms with Crippen molar-refractivity contribution >= 4 is 22.6 Å². The Hall–Kier alpha value is -1.17. The van der Waals surface area contributed by atoms with Crippen LogP contribution in [-0.2, 0) is 10.8 Å². The summed E-state index contributed by atoms with van der Waals surface area (Å²) < 4.78 is 10.7. The number of rotatable bonds is 4. The van der Waals surface area contributed by atoms with Gasteiger partial charge in [-0.15, -0.1) is 0 Å². The van der Waals surface area contributed by atoms with Gasteiger partial charge in [0.05, 0.1) is 0 Å². The van der Waals surface area contributed by atoms with Gasteiger partial charge >= 0.3 is 0 Å². The first-order valence-electron chi connectivity index (χ1n) is 3.81. The van der Waals surface area contributed by atoms with Crippen LogP contribution in [0.2, 0.25) is 0 Å². The number of nitrogens with one attached hydrogen (secondary N) is 1. The Bertz CT molecular complexity index is 304. The zero-order valence-corrected chi connectivity index (χ0v) is 8.17. The van der Waals surface area contributed by atoms with Gasteiger partial charge in [-0.2, -0.15) is 4.98 Å². The van der Waals surface area contributed by atoms with Crippen molar-refractivity contribution in [1.29, 1.82) is 0 Å². The fourth-order valence-corrected chi connectivity index (χ4v) is 1.18. The molecule has 72 valence electrons. The van der Waals surface area contributed by atoms with Crippen LogP contribution in [-0.4, -0.2) is 32.7 Å². The number of nitrogens with zero attached hydrogens (tertiary/aromatic N) is 2. The van der Waals surface area contributed by atoms with Gasteiger partial charge in [-0.25, -0.2) is 4.98 Å². The van der Waals surface area contributed by atoms with E-state index in [2.05, 4.69) is 15.3 Å². The molecule has 0 saturated heterocycles. The van der Waals surface area contributed by atoms with Crippen molar-refractivity contribution in [2.24, 2.45) is 0 Å². The van der Waals surface area contributed by atoms with Gasteiger partial charge in [0, 0.05) is 35.5 Å². The number of aromatic nitrogens is 2. The lowest BCUT2D eigenvalue weighted by atomic mass is 10.5. The van der Waals surface area contributed by atoms with Crippen LogP contribution < -0.4 is 11.1 Å². The predicted octanol–water partition coefficient (Wildman–Crippen LogP) is -0.151. The summed E-state index contributed by atoms with van der Waals surface area (Å²) in [6, 6.07) is 1.72. The second-order valence-electron chi connectivity index (χ2n) is 2.50. The summed E-state index contributed by atoms with van der Waals surface area (Å²) in [4.78, 5) is 7.68. The van der Waals surface area contributed by atoms with Gasteiger partial charge in [-0.05, 0) is 6.07 Å². The maximum atomic E-state index is 10.7. The summed E-state index contributed by atoms with van der Waals surface area (Å²) in [7, 11) is -0.782. The first-order chi connectivity index (χ1) is 6.18. The van der Waals surface area contributed by atoms with Crippen LogP contribution in [0.3, 0.4) is 0 Å². The van der Waals surface area contributed by atoms with Crippen LogP contribution in [0.1, 0.15) is 0 Å². The highest BCUT2D eigenvalue weighted by Crippen LogP contribution is 2.01. The molecule has 1 unspecified atom stereocenters. The number of nitrogen functional groups attached to an aromatic ring is 1. The molecule has 5 nitrogen and oxygen atoms in total. The van der Waals surface area contributed by atoms with Crippen molar-refractivity contribution in [2.75, 3.05) is 29.6 Å². The summed E-state index contributed by atoms with van der Waals surface area (Å²) in [5, 5.41) is 2.99. The van der Waals surface area contributed by atoms with Gasteiger partial charge in [0.25, 0.3) is 0 Å². The highest BCUT2D eigenvalue weighted by Gasteiger charge is 1.95. The van der Waals surface area contributed by atoms with Crippen molar-refractivity contribution in [1.82, 2.24) is 9.97 Å². The second kappa shape index (κ2) is 4.76. The lowest BCUT2D eigenvalue weighted by molar-refractivity contribution is 0.687. The number of hydrogen-bond donors (Lipinski definition) is 2. The van der Waals surface area contributed by atoms with Gasteiger partial charge in [-0.3, -0.25) is 4.21 Å². The van der Waals surface area contributed by atoms with Crippen molar-refractivity contribution < 1.29 is 4.21 Å². The van der Waals surface area contributed by atoms with Gasteiger partial charge in [0.15, 0.2) is 0 Å². The SMILES string of the molecule is CS(=O)CCNc1ccnc(N)n1. The van der Waals surface area contributed by atoms with Crippen molar-refractivity contribution in [2.45, 2.75) is 0 Å². The van der Waals surface area contributed by atoms with E-state index < -0.39 is 10.8 Å². The molecule has 1 aromatic heterocycles. The molecule has 3 N–H and O–H groups in total. The largest absolute Gasteiger partial charge is 0.369 e. The van der Waals surface area contributed by atoms with E-state index in [4.69, 9.17) is 5.73 Å². The Morgan fingerprint density at radius 2 is 2.46 bits per heavy atom. The van der Waals surface area contributed by atoms with E-state index in [1.54, 1.807) is 18.5 Å². The van der Waals surface area contributed by atoms with E-state index in [0.717, 1.165) is 0 Å². The van der Waals surface area contributed by atoms with E-state index in [1.807, 2.05) is 0 Å². The molecular formula is C7H12N4OS. The summed E-state index contributed by atoms with van der Waals surface area (Å²) >= 11 is 0. The van der Waals surface area contributed by atoms with Gasteiger partial charge in [0.1, 0.15) is 5.82 Å². The fourth-order valence-electron chi connectivity index (χ4n) is 0.795. The third-order valence-electron chi connectivity index (χ3n) is 1.37. The highest BCUT2D eigenvalue weighted by molar-refractivity contribution is 7.84. The highest BCUT2D eigenvalue weighted by atomic mass is 32.2. The third-order valence-corrected chi connectivity index (χ3v) is 2.15. The minimum absolute atomic E-state index is 0.239. The molecule has 1 rings (SSSR count). The van der Waals surface area contributed by atoms with Crippen molar-refractivity contribution in [3.8, 4) is 0 Å². The molecule has 0 aliphatic rings. The molecule has 0 aliphatic carbocycles. The molecule has 13 heavy (non-hydrogen) atoms. The Kier molecular flexibility index (Phi) is 3.63. The molecule has 0 aromatic carbocycles. The lowest BCUT2D eigenvalue weighted by Crippen LogP contribution is -2.11. The monoisotopic (exact) mass is 200 g/mol. The molecule has 0 amide bonds. The van der Waals surface area contributed by atoms with Crippen LogP contribution in [0.5, 0.6) is 0 Å². The van der Waals surface area contributed by atoms with Gasteiger partial charge in [-0.1, -0.05) is 0 Å². The summed E-state index contributed by atoms with van der Waals surface area (Å²) in [6.45, 7) is 0.625. The van der Waals surface area contributed by atoms with Crippen LogP contribution >= 0.6 is 0 Å². The molecule has 0 saturated carbocycles. The average Bonchev–Trinajstić information content (AvgIpc) is 2.03. The summed E-state index contributed by atoms with van der Waals surface area (Å²) in [5.41, 5.74) is 5.37. The quantitative estimate of drug-likeness (QED) is 0.706. The van der Waals surface area contributed by atoms with E-state index in [-0.39, 0.29) is 5.95 Å². The lowest BCUT2D eigenvalue weighted by Gasteiger charge is -2.03. The molecule has 0 fully saturated rings. The molecule has 1 aromatic rings.